The maximum atomic E-state index is 12.1. The summed E-state index contributed by atoms with van der Waals surface area (Å²) in [7, 11) is 0. The number of amides is 1. The van der Waals surface area contributed by atoms with E-state index in [1.54, 1.807) is 24.3 Å². The van der Waals surface area contributed by atoms with Crippen molar-refractivity contribution in [3.05, 3.63) is 54.1 Å². The van der Waals surface area contributed by atoms with Crippen molar-refractivity contribution in [1.29, 1.82) is 0 Å². The lowest BCUT2D eigenvalue weighted by molar-refractivity contribution is -0.118. The van der Waals surface area contributed by atoms with Crippen molar-refractivity contribution in [1.82, 2.24) is 0 Å². The molecule has 1 N–H and O–H groups in total. The summed E-state index contributed by atoms with van der Waals surface area (Å²) in [4.78, 5) is 25.4. The highest BCUT2D eigenvalue weighted by Gasteiger charge is 2.10. The van der Waals surface area contributed by atoms with E-state index in [4.69, 9.17) is 4.74 Å². The summed E-state index contributed by atoms with van der Waals surface area (Å²) in [5.74, 6) is 0.155. The van der Waals surface area contributed by atoms with Gasteiger partial charge in [-0.1, -0.05) is 25.0 Å². The first kappa shape index (κ1) is 18.0. The molecule has 0 atom stereocenters. The van der Waals surface area contributed by atoms with Crippen molar-refractivity contribution in [3.63, 3.8) is 0 Å². The van der Waals surface area contributed by atoms with Crippen LogP contribution in [0.3, 0.4) is 0 Å². The number of hydrogen-bond donors (Lipinski definition) is 1. The third-order valence-corrected chi connectivity index (χ3v) is 4.53. The minimum absolute atomic E-state index is 0.140. The van der Waals surface area contributed by atoms with Gasteiger partial charge in [0.15, 0.2) is 12.9 Å². The molecule has 1 aliphatic heterocycles. The molecular weight excluding hydrogens is 328 g/mol. The number of aldehydes is 1. The number of carbonyl (C=O) groups is 2. The number of para-hydroxylation sites is 1. The number of nitrogens with zero attached hydrogens (tertiary/aromatic N) is 1. The van der Waals surface area contributed by atoms with E-state index in [1.165, 1.54) is 31.4 Å². The van der Waals surface area contributed by atoms with E-state index < -0.39 is 0 Å². The fourth-order valence-electron chi connectivity index (χ4n) is 3.13. The van der Waals surface area contributed by atoms with Gasteiger partial charge >= 0.3 is 0 Å². The third kappa shape index (κ3) is 4.85. The van der Waals surface area contributed by atoms with Gasteiger partial charge in [-0.2, -0.15) is 0 Å². The van der Waals surface area contributed by atoms with Crippen LogP contribution in [0.2, 0.25) is 0 Å². The Labute approximate surface area is 154 Å². The number of ether oxygens (including phenoxy) is 1. The molecule has 26 heavy (non-hydrogen) atoms. The molecule has 0 aromatic heterocycles. The van der Waals surface area contributed by atoms with Gasteiger partial charge in [0.1, 0.15) is 5.75 Å². The van der Waals surface area contributed by atoms with E-state index in [2.05, 4.69) is 10.2 Å². The molecular formula is C21H24N2O3. The molecule has 1 fully saturated rings. The van der Waals surface area contributed by atoms with Gasteiger partial charge in [-0.3, -0.25) is 9.59 Å². The predicted octanol–water partition coefficient (Wildman–Crippen LogP) is 3.90. The Morgan fingerprint density at radius 3 is 2.38 bits per heavy atom. The zero-order valence-electron chi connectivity index (χ0n) is 14.8. The minimum atomic E-state index is -0.256. The molecule has 0 bridgehead atoms. The smallest absolute Gasteiger partial charge is 0.262 e. The molecule has 5 nitrogen and oxygen atoms in total. The predicted molar refractivity (Wildman–Crippen MR) is 103 cm³/mol. The zero-order valence-corrected chi connectivity index (χ0v) is 14.8. The van der Waals surface area contributed by atoms with Gasteiger partial charge in [0.2, 0.25) is 0 Å². The van der Waals surface area contributed by atoms with Gasteiger partial charge in [-0.05, 0) is 49.2 Å². The molecule has 0 aliphatic carbocycles. The van der Waals surface area contributed by atoms with Gasteiger partial charge in [0.05, 0.1) is 5.56 Å². The largest absolute Gasteiger partial charge is 0.483 e. The van der Waals surface area contributed by atoms with Crippen LogP contribution in [0, 0.1) is 0 Å². The molecule has 1 saturated heterocycles. The minimum Gasteiger partial charge on any atom is -0.483 e. The Morgan fingerprint density at radius 1 is 1.00 bits per heavy atom. The monoisotopic (exact) mass is 352 g/mol. The SMILES string of the molecule is O=Cc1ccccc1OCC(=O)Nc1ccc(N2CCCCCC2)cc1. The number of nitrogens with one attached hydrogen (secondary N) is 1. The van der Waals surface area contributed by atoms with Gasteiger partial charge in [-0.25, -0.2) is 0 Å². The molecule has 1 aliphatic rings. The van der Waals surface area contributed by atoms with E-state index in [9.17, 15) is 9.59 Å². The lowest BCUT2D eigenvalue weighted by atomic mass is 10.2. The number of rotatable bonds is 6. The summed E-state index contributed by atoms with van der Waals surface area (Å²) in [5, 5.41) is 2.82. The van der Waals surface area contributed by atoms with Crippen LogP contribution in [0.1, 0.15) is 36.0 Å². The second-order valence-corrected chi connectivity index (χ2v) is 6.44. The van der Waals surface area contributed by atoms with Crippen LogP contribution in [0.25, 0.3) is 0 Å². The number of anilines is 2. The average Bonchev–Trinajstić information content (AvgIpc) is 2.97. The summed E-state index contributed by atoms with van der Waals surface area (Å²) in [6.07, 6.45) is 5.79. The van der Waals surface area contributed by atoms with Crippen molar-refractivity contribution in [3.8, 4) is 5.75 Å². The first-order valence-electron chi connectivity index (χ1n) is 9.08. The highest BCUT2D eigenvalue weighted by molar-refractivity contribution is 5.92. The van der Waals surface area contributed by atoms with E-state index in [0.717, 1.165) is 25.1 Å². The molecule has 2 aromatic carbocycles. The summed E-state index contributed by atoms with van der Waals surface area (Å²) in [5.41, 5.74) is 2.36. The molecule has 2 aromatic rings. The lowest BCUT2D eigenvalue weighted by Crippen LogP contribution is -2.24. The Balaban J connectivity index is 1.53. The van der Waals surface area contributed by atoms with E-state index >= 15 is 0 Å². The topological polar surface area (TPSA) is 58.6 Å². The molecule has 3 rings (SSSR count). The molecule has 0 saturated carbocycles. The summed E-state index contributed by atoms with van der Waals surface area (Å²) in [6.45, 7) is 2.05. The second-order valence-electron chi connectivity index (χ2n) is 6.44. The Bertz CT molecular complexity index is 735. The van der Waals surface area contributed by atoms with Crippen LogP contribution in [-0.4, -0.2) is 31.9 Å². The first-order valence-corrected chi connectivity index (χ1v) is 9.08. The van der Waals surface area contributed by atoms with Gasteiger partial charge in [0.25, 0.3) is 5.91 Å². The van der Waals surface area contributed by atoms with Crippen molar-refractivity contribution in [2.45, 2.75) is 25.7 Å². The standard InChI is InChI=1S/C21H24N2O3/c24-15-17-7-3-4-8-20(17)26-16-21(25)22-18-9-11-19(12-10-18)23-13-5-1-2-6-14-23/h3-4,7-12,15H,1-2,5-6,13-14,16H2,(H,22,25). The maximum Gasteiger partial charge on any atom is 0.262 e. The van der Waals surface area contributed by atoms with E-state index in [0.29, 0.717) is 11.3 Å². The average molecular weight is 352 g/mol. The summed E-state index contributed by atoms with van der Waals surface area (Å²) < 4.78 is 5.44. The molecule has 136 valence electrons. The van der Waals surface area contributed by atoms with Crippen molar-refractivity contribution in [2.75, 3.05) is 29.9 Å². The van der Waals surface area contributed by atoms with E-state index in [-0.39, 0.29) is 12.5 Å². The molecule has 1 amide bonds. The Morgan fingerprint density at radius 2 is 1.69 bits per heavy atom. The highest BCUT2D eigenvalue weighted by Crippen LogP contribution is 2.21. The quantitative estimate of drug-likeness (QED) is 0.801. The van der Waals surface area contributed by atoms with Gasteiger partial charge in [0, 0.05) is 24.5 Å². The van der Waals surface area contributed by atoms with Crippen molar-refractivity contribution in [2.24, 2.45) is 0 Å². The lowest BCUT2D eigenvalue weighted by Gasteiger charge is -2.22. The van der Waals surface area contributed by atoms with Crippen LogP contribution in [0.4, 0.5) is 11.4 Å². The fraction of sp³-hybridized carbons (Fsp3) is 0.333. The zero-order chi connectivity index (χ0) is 18.2. The number of hydrogen-bond acceptors (Lipinski definition) is 4. The fourth-order valence-corrected chi connectivity index (χ4v) is 3.13. The maximum absolute atomic E-state index is 12.1. The molecule has 0 unspecified atom stereocenters. The van der Waals surface area contributed by atoms with Crippen LogP contribution in [0.5, 0.6) is 5.75 Å². The molecule has 1 heterocycles. The van der Waals surface area contributed by atoms with E-state index in [1.807, 2.05) is 24.3 Å². The van der Waals surface area contributed by atoms with Gasteiger partial charge in [-0.15, -0.1) is 0 Å². The Kier molecular flexibility index (Phi) is 6.25. The van der Waals surface area contributed by atoms with Crippen LogP contribution < -0.4 is 15.0 Å². The molecule has 5 heteroatoms. The summed E-state index contributed by atoms with van der Waals surface area (Å²) >= 11 is 0. The normalized spacial score (nSPS) is 14.4. The van der Waals surface area contributed by atoms with Crippen LogP contribution in [0.15, 0.2) is 48.5 Å². The molecule has 0 radical (unpaired) electrons. The highest BCUT2D eigenvalue weighted by atomic mass is 16.5. The summed E-state index contributed by atoms with van der Waals surface area (Å²) in [6, 6.07) is 14.8. The Hall–Kier alpha value is -2.82. The third-order valence-electron chi connectivity index (χ3n) is 4.53. The molecule has 0 spiro atoms. The first-order chi connectivity index (χ1) is 12.8. The second kappa shape index (κ2) is 9.04. The van der Waals surface area contributed by atoms with Crippen molar-refractivity contribution >= 4 is 23.6 Å². The van der Waals surface area contributed by atoms with Gasteiger partial charge < -0.3 is 15.0 Å². The number of carbonyl (C=O) groups excluding carboxylic acids is 2. The van der Waals surface area contributed by atoms with Crippen molar-refractivity contribution < 1.29 is 14.3 Å². The van der Waals surface area contributed by atoms with Crippen LogP contribution in [-0.2, 0) is 4.79 Å². The number of benzene rings is 2. The van der Waals surface area contributed by atoms with Crippen LogP contribution >= 0.6 is 0 Å².